The van der Waals surface area contributed by atoms with Crippen molar-refractivity contribution in [2.75, 3.05) is 6.61 Å². The van der Waals surface area contributed by atoms with Crippen LogP contribution < -0.4 is 9.47 Å². The van der Waals surface area contributed by atoms with Crippen molar-refractivity contribution >= 4 is 33.5 Å². The molecule has 0 fully saturated rings. The molecule has 0 aliphatic rings. The number of aryl methyl sites for hydroxylation is 1. The summed E-state index contributed by atoms with van der Waals surface area (Å²) < 4.78 is 11.3. The van der Waals surface area contributed by atoms with E-state index < -0.39 is 5.97 Å². The summed E-state index contributed by atoms with van der Waals surface area (Å²) in [5.74, 6) is 0.427. The van der Waals surface area contributed by atoms with Crippen LogP contribution >= 0.6 is 27.5 Å². The summed E-state index contributed by atoms with van der Waals surface area (Å²) in [6.45, 7) is 1.81. The van der Waals surface area contributed by atoms with Gasteiger partial charge in [0.25, 0.3) is 0 Å². The Bertz CT molecular complexity index is 611. The molecule has 0 atom stereocenters. The summed E-state index contributed by atoms with van der Waals surface area (Å²) in [5.41, 5.74) is 1.13. The average Bonchev–Trinajstić information content (AvgIpc) is 2.41. The fraction of sp³-hybridized carbons (Fsp3) is 0.133. The third-order valence-corrected chi connectivity index (χ3v) is 3.28. The minimum absolute atomic E-state index is 0.171. The van der Waals surface area contributed by atoms with Crippen molar-refractivity contribution in [3.63, 3.8) is 0 Å². The van der Waals surface area contributed by atoms with Gasteiger partial charge in [0.1, 0.15) is 11.5 Å². The Balaban J connectivity index is 1.90. The zero-order valence-corrected chi connectivity index (χ0v) is 13.1. The molecule has 0 N–H and O–H groups in total. The number of hydrogen-bond donors (Lipinski definition) is 0. The van der Waals surface area contributed by atoms with Gasteiger partial charge in [0.2, 0.25) is 0 Å². The molecule has 0 amide bonds. The third-order valence-electron chi connectivity index (χ3n) is 2.50. The molecule has 2 aromatic rings. The molecule has 2 aromatic carbocycles. The zero-order chi connectivity index (χ0) is 14.5. The van der Waals surface area contributed by atoms with E-state index >= 15 is 0 Å². The predicted molar refractivity (Wildman–Crippen MR) is 81.5 cm³/mol. The van der Waals surface area contributed by atoms with Gasteiger partial charge in [-0.25, -0.2) is 4.79 Å². The highest BCUT2D eigenvalue weighted by Crippen LogP contribution is 2.27. The molecule has 0 saturated carbocycles. The maximum atomic E-state index is 11.7. The van der Waals surface area contributed by atoms with Crippen LogP contribution in [0, 0.1) is 6.92 Å². The molecule has 0 aromatic heterocycles. The third kappa shape index (κ3) is 4.25. The number of rotatable bonds is 4. The molecule has 0 aliphatic carbocycles. The molecule has 0 radical (unpaired) electrons. The quantitative estimate of drug-likeness (QED) is 0.602. The van der Waals surface area contributed by atoms with E-state index in [0.717, 1.165) is 10.0 Å². The highest BCUT2D eigenvalue weighted by Gasteiger charge is 2.09. The highest BCUT2D eigenvalue weighted by molar-refractivity contribution is 9.10. The Morgan fingerprint density at radius 3 is 2.55 bits per heavy atom. The Morgan fingerprint density at radius 2 is 1.90 bits per heavy atom. The fourth-order valence-corrected chi connectivity index (χ4v) is 2.20. The van der Waals surface area contributed by atoms with Crippen molar-refractivity contribution in [1.29, 1.82) is 0 Å². The van der Waals surface area contributed by atoms with Gasteiger partial charge in [-0.15, -0.1) is 0 Å². The number of hydrogen-bond acceptors (Lipinski definition) is 3. The van der Waals surface area contributed by atoms with Crippen molar-refractivity contribution in [2.24, 2.45) is 0 Å². The van der Waals surface area contributed by atoms with Crippen LogP contribution in [-0.2, 0) is 4.79 Å². The lowest BCUT2D eigenvalue weighted by atomic mass is 10.2. The second kappa shape index (κ2) is 6.77. The van der Waals surface area contributed by atoms with Crippen LogP contribution in [0.5, 0.6) is 11.5 Å². The summed E-state index contributed by atoms with van der Waals surface area (Å²) in [5, 5.41) is 0.364. The number of carbonyl (C=O) groups excluding carboxylic acids is 1. The first-order chi connectivity index (χ1) is 9.54. The van der Waals surface area contributed by atoms with Crippen LogP contribution in [0.15, 0.2) is 46.9 Å². The summed E-state index contributed by atoms with van der Waals surface area (Å²) in [6.07, 6.45) is 0. The topological polar surface area (TPSA) is 35.5 Å². The van der Waals surface area contributed by atoms with Crippen molar-refractivity contribution < 1.29 is 14.3 Å². The molecule has 0 heterocycles. The van der Waals surface area contributed by atoms with Crippen LogP contribution in [0.4, 0.5) is 0 Å². The van der Waals surface area contributed by atoms with Gasteiger partial charge in [-0.2, -0.15) is 0 Å². The molecule has 104 valence electrons. The first kappa shape index (κ1) is 14.9. The first-order valence-electron chi connectivity index (χ1n) is 5.90. The van der Waals surface area contributed by atoms with E-state index in [1.54, 1.807) is 30.3 Å². The van der Waals surface area contributed by atoms with Gasteiger partial charge in [-0.3, -0.25) is 0 Å². The van der Waals surface area contributed by atoms with E-state index in [9.17, 15) is 4.79 Å². The molecular formula is C15H12BrClO3. The molecule has 0 aliphatic heterocycles. The molecule has 0 unspecified atom stereocenters. The molecule has 0 spiro atoms. The molecule has 0 saturated heterocycles. The van der Waals surface area contributed by atoms with E-state index in [2.05, 4.69) is 15.9 Å². The van der Waals surface area contributed by atoms with E-state index in [-0.39, 0.29) is 6.61 Å². The Hall–Kier alpha value is -1.52. The smallest absolute Gasteiger partial charge is 0.349 e. The lowest BCUT2D eigenvalue weighted by molar-refractivity contribution is -0.136. The Morgan fingerprint density at radius 1 is 1.20 bits per heavy atom. The van der Waals surface area contributed by atoms with Gasteiger partial charge in [0, 0.05) is 4.47 Å². The summed E-state index contributed by atoms with van der Waals surface area (Å²) in [4.78, 5) is 11.7. The number of benzene rings is 2. The molecule has 0 bridgehead atoms. The first-order valence-corrected chi connectivity index (χ1v) is 7.07. The van der Waals surface area contributed by atoms with Gasteiger partial charge >= 0.3 is 5.97 Å². The monoisotopic (exact) mass is 354 g/mol. The largest absolute Gasteiger partial charge is 0.482 e. The van der Waals surface area contributed by atoms with E-state index in [1.165, 1.54) is 0 Å². The number of ether oxygens (including phenoxy) is 2. The summed E-state index contributed by atoms with van der Waals surface area (Å²) in [6, 6.07) is 12.4. The highest BCUT2D eigenvalue weighted by atomic mass is 79.9. The summed E-state index contributed by atoms with van der Waals surface area (Å²) >= 11 is 9.24. The Kier molecular flexibility index (Phi) is 5.04. The van der Waals surface area contributed by atoms with Crippen LogP contribution in [0.2, 0.25) is 5.02 Å². The van der Waals surface area contributed by atoms with Gasteiger partial charge in [0.15, 0.2) is 6.61 Å². The van der Waals surface area contributed by atoms with Gasteiger partial charge < -0.3 is 9.47 Å². The maximum Gasteiger partial charge on any atom is 0.349 e. The molecule has 2 rings (SSSR count). The minimum Gasteiger partial charge on any atom is -0.482 e. The van der Waals surface area contributed by atoms with Crippen molar-refractivity contribution in [3.05, 3.63) is 57.5 Å². The number of halogens is 2. The maximum absolute atomic E-state index is 11.7. The van der Waals surface area contributed by atoms with E-state index in [0.29, 0.717) is 16.5 Å². The molecule has 20 heavy (non-hydrogen) atoms. The second-order valence-electron chi connectivity index (χ2n) is 4.15. The minimum atomic E-state index is -0.505. The fourth-order valence-electron chi connectivity index (χ4n) is 1.49. The molecule has 3 nitrogen and oxygen atoms in total. The predicted octanol–water partition coefficient (Wildman–Crippen LogP) is 4.40. The van der Waals surface area contributed by atoms with Crippen LogP contribution in [0.25, 0.3) is 0 Å². The average molecular weight is 356 g/mol. The van der Waals surface area contributed by atoms with Crippen molar-refractivity contribution in [1.82, 2.24) is 0 Å². The SMILES string of the molecule is Cc1ccc(OCC(=O)Oc2ccc(Br)cc2Cl)cc1. The van der Waals surface area contributed by atoms with Crippen molar-refractivity contribution in [3.8, 4) is 11.5 Å². The van der Waals surface area contributed by atoms with Crippen LogP contribution in [0.1, 0.15) is 5.56 Å². The van der Waals surface area contributed by atoms with E-state index in [4.69, 9.17) is 21.1 Å². The lowest BCUT2D eigenvalue weighted by Gasteiger charge is -2.08. The summed E-state index contributed by atoms with van der Waals surface area (Å²) in [7, 11) is 0. The van der Waals surface area contributed by atoms with Gasteiger partial charge in [-0.1, -0.05) is 45.2 Å². The normalized spacial score (nSPS) is 10.2. The second-order valence-corrected chi connectivity index (χ2v) is 5.47. The lowest BCUT2D eigenvalue weighted by Crippen LogP contribution is -2.17. The van der Waals surface area contributed by atoms with Gasteiger partial charge in [-0.05, 0) is 37.3 Å². The van der Waals surface area contributed by atoms with E-state index in [1.807, 2.05) is 19.1 Å². The molecule has 5 heteroatoms. The van der Waals surface area contributed by atoms with Gasteiger partial charge in [0.05, 0.1) is 5.02 Å². The number of esters is 1. The zero-order valence-electron chi connectivity index (χ0n) is 10.7. The Labute approximate surface area is 130 Å². The van der Waals surface area contributed by atoms with Crippen molar-refractivity contribution in [2.45, 2.75) is 6.92 Å². The number of carbonyl (C=O) groups is 1. The van der Waals surface area contributed by atoms with Crippen LogP contribution in [0.3, 0.4) is 0 Å². The molecular weight excluding hydrogens is 344 g/mol. The standard InChI is InChI=1S/C15H12BrClO3/c1-10-2-5-12(6-3-10)19-9-15(18)20-14-7-4-11(16)8-13(14)17/h2-8H,9H2,1H3. The van der Waals surface area contributed by atoms with Crippen LogP contribution in [-0.4, -0.2) is 12.6 Å².